The predicted octanol–water partition coefficient (Wildman–Crippen LogP) is -0.213. The van der Waals surface area contributed by atoms with E-state index >= 15 is 0 Å². The van der Waals surface area contributed by atoms with Crippen molar-refractivity contribution in [3.8, 4) is 11.4 Å². The number of nitrogens with one attached hydrogen (secondary N) is 1. The number of hydrogen-bond acceptors (Lipinski definition) is 4. The monoisotopic (exact) mass is 164 g/mol. The topological polar surface area (TPSA) is 85.4 Å². The van der Waals surface area contributed by atoms with E-state index in [2.05, 4.69) is 20.5 Å². The number of H-pyrrole nitrogens is 1. The third kappa shape index (κ3) is 0.849. The second-order valence-electron chi connectivity index (χ2n) is 2.40. The summed E-state index contributed by atoms with van der Waals surface area (Å²) in [6.45, 7) is 0. The van der Waals surface area contributed by atoms with Gasteiger partial charge in [0.05, 0.1) is 5.69 Å². The molecule has 0 amide bonds. The van der Waals surface area contributed by atoms with E-state index in [4.69, 9.17) is 5.73 Å². The Labute approximate surface area is 68.4 Å². The summed E-state index contributed by atoms with van der Waals surface area (Å²) in [5, 5.41) is 14.1. The first kappa shape index (κ1) is 6.84. The van der Waals surface area contributed by atoms with E-state index in [1.165, 1.54) is 0 Å². The Kier molecular flexibility index (Phi) is 1.33. The lowest BCUT2D eigenvalue weighted by Crippen LogP contribution is -1.96. The van der Waals surface area contributed by atoms with Crippen LogP contribution in [0.3, 0.4) is 0 Å². The van der Waals surface area contributed by atoms with Crippen LogP contribution in [-0.2, 0) is 7.05 Å². The molecule has 0 unspecified atom stereocenters. The maximum absolute atomic E-state index is 5.55. The molecule has 0 atom stereocenters. The van der Waals surface area contributed by atoms with Gasteiger partial charge in [0, 0.05) is 13.2 Å². The Morgan fingerprint density at radius 3 is 2.83 bits per heavy atom. The van der Waals surface area contributed by atoms with E-state index in [0.717, 1.165) is 5.69 Å². The molecule has 0 saturated carbocycles. The van der Waals surface area contributed by atoms with Crippen LogP contribution in [0.1, 0.15) is 0 Å². The van der Waals surface area contributed by atoms with Gasteiger partial charge in [-0.15, -0.1) is 5.10 Å². The predicted molar refractivity (Wildman–Crippen MR) is 43.0 cm³/mol. The Bertz CT molecular complexity index is 348. The molecule has 0 spiro atoms. The van der Waals surface area contributed by atoms with Crippen molar-refractivity contribution < 1.29 is 0 Å². The second kappa shape index (κ2) is 2.33. The summed E-state index contributed by atoms with van der Waals surface area (Å²) in [5.74, 6) is 0.388. The second-order valence-corrected chi connectivity index (χ2v) is 2.40. The van der Waals surface area contributed by atoms with Crippen LogP contribution in [0.25, 0.3) is 11.4 Å². The number of aryl methyl sites for hydroxylation is 1. The highest BCUT2D eigenvalue weighted by molar-refractivity contribution is 5.65. The number of hydrogen-bond donors (Lipinski definition) is 2. The number of nitrogens with zero attached hydrogens (tertiary/aromatic N) is 4. The summed E-state index contributed by atoms with van der Waals surface area (Å²) in [6.07, 6.45) is 1.68. The van der Waals surface area contributed by atoms with E-state index in [9.17, 15) is 0 Å². The van der Waals surface area contributed by atoms with E-state index < -0.39 is 0 Å². The molecule has 0 fully saturated rings. The van der Waals surface area contributed by atoms with Gasteiger partial charge in [0.1, 0.15) is 0 Å². The largest absolute Gasteiger partial charge is 0.380 e. The molecule has 0 bridgehead atoms. The molecule has 0 radical (unpaired) electrons. The fraction of sp³-hybridized carbons (Fsp3) is 0.167. The standard InChI is InChI=1S/C6H8N6/c1-12-4(2-3-8-12)5-6(7)10-11-9-5/h2-3H,1H3,(H3,7,9,10,11). The van der Waals surface area contributed by atoms with Gasteiger partial charge in [-0.25, -0.2) is 0 Å². The van der Waals surface area contributed by atoms with Crippen LogP contribution in [0.4, 0.5) is 5.82 Å². The summed E-state index contributed by atoms with van der Waals surface area (Å²) < 4.78 is 1.69. The molecule has 12 heavy (non-hydrogen) atoms. The maximum atomic E-state index is 5.55. The van der Waals surface area contributed by atoms with Gasteiger partial charge in [0.15, 0.2) is 11.5 Å². The SMILES string of the molecule is Cn1nccc1-c1n[nH]nc1N. The Balaban J connectivity index is 2.57. The number of aromatic amines is 1. The molecule has 0 aliphatic rings. The molecule has 6 heteroatoms. The minimum atomic E-state index is 0.388. The number of nitrogens with two attached hydrogens (primary N) is 1. The van der Waals surface area contributed by atoms with Gasteiger partial charge in [-0.3, -0.25) is 4.68 Å². The average molecular weight is 164 g/mol. The molecule has 0 aromatic carbocycles. The summed E-state index contributed by atoms with van der Waals surface area (Å²) in [4.78, 5) is 0. The fourth-order valence-corrected chi connectivity index (χ4v) is 1.03. The van der Waals surface area contributed by atoms with Crippen molar-refractivity contribution >= 4 is 5.82 Å². The lowest BCUT2D eigenvalue weighted by atomic mass is 10.3. The van der Waals surface area contributed by atoms with Gasteiger partial charge in [-0.1, -0.05) is 0 Å². The quantitative estimate of drug-likeness (QED) is 0.610. The van der Waals surface area contributed by atoms with Gasteiger partial charge in [0.25, 0.3) is 0 Å². The Morgan fingerprint density at radius 1 is 1.50 bits per heavy atom. The molecule has 2 aromatic rings. The average Bonchev–Trinajstić information content (AvgIpc) is 2.59. The zero-order valence-electron chi connectivity index (χ0n) is 6.52. The fourth-order valence-electron chi connectivity index (χ4n) is 1.03. The number of aromatic nitrogens is 5. The van der Waals surface area contributed by atoms with Crippen molar-refractivity contribution in [2.75, 3.05) is 5.73 Å². The first-order valence-electron chi connectivity index (χ1n) is 3.43. The minimum absolute atomic E-state index is 0.388. The Morgan fingerprint density at radius 2 is 2.33 bits per heavy atom. The van der Waals surface area contributed by atoms with Crippen LogP contribution in [0, 0.1) is 0 Å². The van der Waals surface area contributed by atoms with Crippen molar-refractivity contribution in [3.05, 3.63) is 12.3 Å². The highest BCUT2D eigenvalue weighted by Gasteiger charge is 2.09. The molecule has 3 N–H and O–H groups in total. The lowest BCUT2D eigenvalue weighted by Gasteiger charge is -1.95. The highest BCUT2D eigenvalue weighted by atomic mass is 15.4. The molecule has 6 nitrogen and oxygen atoms in total. The third-order valence-electron chi connectivity index (χ3n) is 1.64. The molecular weight excluding hydrogens is 156 g/mol. The van der Waals surface area contributed by atoms with Gasteiger partial charge in [-0.2, -0.15) is 15.4 Å². The first-order chi connectivity index (χ1) is 5.79. The van der Waals surface area contributed by atoms with Crippen molar-refractivity contribution in [2.45, 2.75) is 0 Å². The zero-order valence-corrected chi connectivity index (χ0v) is 6.52. The van der Waals surface area contributed by atoms with Crippen molar-refractivity contribution in [1.29, 1.82) is 0 Å². The van der Waals surface area contributed by atoms with E-state index in [1.807, 2.05) is 13.1 Å². The van der Waals surface area contributed by atoms with Crippen molar-refractivity contribution in [3.63, 3.8) is 0 Å². The van der Waals surface area contributed by atoms with Crippen LogP contribution < -0.4 is 5.73 Å². The molecule has 0 saturated heterocycles. The molecule has 2 heterocycles. The summed E-state index contributed by atoms with van der Waals surface area (Å²) in [7, 11) is 1.82. The Hall–Kier alpha value is -1.85. The number of rotatable bonds is 1. The summed E-state index contributed by atoms with van der Waals surface area (Å²) in [5.41, 5.74) is 7.04. The maximum Gasteiger partial charge on any atom is 0.175 e. The first-order valence-corrected chi connectivity index (χ1v) is 3.43. The molecular formula is C6H8N6. The summed E-state index contributed by atoms with van der Waals surface area (Å²) >= 11 is 0. The minimum Gasteiger partial charge on any atom is -0.380 e. The van der Waals surface area contributed by atoms with Crippen LogP contribution in [0.5, 0.6) is 0 Å². The van der Waals surface area contributed by atoms with Gasteiger partial charge in [-0.05, 0) is 6.07 Å². The molecule has 2 rings (SSSR count). The van der Waals surface area contributed by atoms with Gasteiger partial charge >= 0.3 is 0 Å². The number of nitrogen functional groups attached to an aromatic ring is 1. The summed E-state index contributed by atoms with van der Waals surface area (Å²) in [6, 6.07) is 1.83. The molecule has 0 aliphatic heterocycles. The zero-order chi connectivity index (χ0) is 8.55. The third-order valence-corrected chi connectivity index (χ3v) is 1.64. The van der Waals surface area contributed by atoms with Crippen LogP contribution in [-0.4, -0.2) is 25.2 Å². The van der Waals surface area contributed by atoms with E-state index in [0.29, 0.717) is 11.5 Å². The van der Waals surface area contributed by atoms with E-state index in [-0.39, 0.29) is 0 Å². The molecule has 0 aliphatic carbocycles. The van der Waals surface area contributed by atoms with Crippen molar-refractivity contribution in [1.82, 2.24) is 25.2 Å². The van der Waals surface area contributed by atoms with Crippen molar-refractivity contribution in [2.24, 2.45) is 7.05 Å². The molecule has 2 aromatic heterocycles. The van der Waals surface area contributed by atoms with Crippen LogP contribution >= 0.6 is 0 Å². The normalized spacial score (nSPS) is 10.4. The molecule has 62 valence electrons. The lowest BCUT2D eigenvalue weighted by molar-refractivity contribution is 0.772. The smallest absolute Gasteiger partial charge is 0.175 e. The number of anilines is 1. The van der Waals surface area contributed by atoms with Gasteiger partial charge in [0.2, 0.25) is 0 Å². The van der Waals surface area contributed by atoms with E-state index in [1.54, 1.807) is 10.9 Å². The van der Waals surface area contributed by atoms with Crippen LogP contribution in [0.15, 0.2) is 12.3 Å². The van der Waals surface area contributed by atoms with Gasteiger partial charge < -0.3 is 5.73 Å². The van der Waals surface area contributed by atoms with Crippen LogP contribution in [0.2, 0.25) is 0 Å². The highest BCUT2D eigenvalue weighted by Crippen LogP contribution is 2.18.